The van der Waals surface area contributed by atoms with Gasteiger partial charge < -0.3 is 15.4 Å². The molecule has 0 radical (unpaired) electrons. The highest BCUT2D eigenvalue weighted by Gasteiger charge is 2.24. The van der Waals surface area contributed by atoms with Crippen LogP contribution in [-0.4, -0.2) is 31.2 Å². The van der Waals surface area contributed by atoms with Crippen LogP contribution in [0.5, 0.6) is 0 Å². The number of nitrogen functional groups attached to an aromatic ring is 1. The van der Waals surface area contributed by atoms with Gasteiger partial charge in [0.15, 0.2) is 0 Å². The molecule has 1 heterocycles. The van der Waals surface area contributed by atoms with Crippen molar-refractivity contribution in [3.05, 3.63) is 17.8 Å². The number of methoxy groups -OCH3 is 1. The average Bonchev–Trinajstić information content (AvgIpc) is 2.90. The van der Waals surface area contributed by atoms with E-state index in [0.717, 1.165) is 12.8 Å². The third-order valence-corrected chi connectivity index (χ3v) is 3.50. The van der Waals surface area contributed by atoms with Crippen molar-refractivity contribution in [1.82, 2.24) is 4.98 Å². The van der Waals surface area contributed by atoms with Crippen LogP contribution in [0.4, 0.5) is 11.5 Å². The summed E-state index contributed by atoms with van der Waals surface area (Å²) in [5, 5.41) is 0. The Morgan fingerprint density at radius 1 is 1.50 bits per heavy atom. The third-order valence-electron chi connectivity index (χ3n) is 3.50. The van der Waals surface area contributed by atoms with Gasteiger partial charge in [0, 0.05) is 13.1 Å². The van der Waals surface area contributed by atoms with Crippen molar-refractivity contribution in [2.24, 2.45) is 0 Å². The molecular formula is C13H19N3O2. The van der Waals surface area contributed by atoms with E-state index in [1.54, 1.807) is 12.3 Å². The topological polar surface area (TPSA) is 68.5 Å². The van der Waals surface area contributed by atoms with Crippen LogP contribution in [0.3, 0.4) is 0 Å². The van der Waals surface area contributed by atoms with Crippen LogP contribution >= 0.6 is 0 Å². The van der Waals surface area contributed by atoms with Crippen LogP contribution in [0.15, 0.2) is 12.3 Å². The molecule has 0 spiro atoms. The Morgan fingerprint density at radius 2 is 2.17 bits per heavy atom. The normalized spacial score (nSPS) is 15.7. The van der Waals surface area contributed by atoms with Gasteiger partial charge in [-0.05, 0) is 18.9 Å². The average molecular weight is 249 g/mol. The van der Waals surface area contributed by atoms with Gasteiger partial charge in [0.2, 0.25) is 0 Å². The molecule has 5 nitrogen and oxygen atoms in total. The summed E-state index contributed by atoms with van der Waals surface area (Å²) in [4.78, 5) is 18.1. The summed E-state index contributed by atoms with van der Waals surface area (Å²) >= 11 is 0. The van der Waals surface area contributed by atoms with Crippen molar-refractivity contribution in [3.63, 3.8) is 0 Å². The van der Waals surface area contributed by atoms with Gasteiger partial charge in [-0.2, -0.15) is 0 Å². The lowest BCUT2D eigenvalue weighted by Gasteiger charge is -2.26. The van der Waals surface area contributed by atoms with E-state index in [-0.39, 0.29) is 0 Å². The minimum Gasteiger partial charge on any atom is -0.465 e. The highest BCUT2D eigenvalue weighted by molar-refractivity contribution is 5.95. The third kappa shape index (κ3) is 2.39. The zero-order chi connectivity index (χ0) is 13.1. The van der Waals surface area contributed by atoms with Crippen molar-refractivity contribution in [2.45, 2.75) is 31.7 Å². The zero-order valence-electron chi connectivity index (χ0n) is 10.8. The molecule has 18 heavy (non-hydrogen) atoms. The molecule has 2 rings (SSSR count). The standard InChI is InChI=1S/C13H19N3O2/c1-16(10-5-3-4-6-10)12-11(13(17)18-2)7-9(14)8-15-12/h7-8,10H,3-6,14H2,1-2H3. The molecule has 1 saturated carbocycles. The van der Waals surface area contributed by atoms with Crippen molar-refractivity contribution in [3.8, 4) is 0 Å². The summed E-state index contributed by atoms with van der Waals surface area (Å²) in [6, 6.07) is 2.07. The van der Waals surface area contributed by atoms with Gasteiger partial charge in [-0.15, -0.1) is 0 Å². The van der Waals surface area contributed by atoms with E-state index < -0.39 is 5.97 Å². The van der Waals surface area contributed by atoms with Gasteiger partial charge in [0.05, 0.1) is 19.0 Å². The number of nitrogens with zero attached hydrogens (tertiary/aromatic N) is 2. The van der Waals surface area contributed by atoms with Gasteiger partial charge in [0.25, 0.3) is 0 Å². The highest BCUT2D eigenvalue weighted by Crippen LogP contribution is 2.28. The molecule has 1 aliphatic rings. The number of anilines is 2. The second kappa shape index (κ2) is 5.25. The maximum atomic E-state index is 11.8. The maximum Gasteiger partial charge on any atom is 0.341 e. The van der Waals surface area contributed by atoms with Crippen LogP contribution in [0.2, 0.25) is 0 Å². The van der Waals surface area contributed by atoms with E-state index in [9.17, 15) is 4.79 Å². The SMILES string of the molecule is COC(=O)c1cc(N)cnc1N(C)C1CCCC1. The largest absolute Gasteiger partial charge is 0.465 e. The van der Waals surface area contributed by atoms with Crippen LogP contribution in [-0.2, 0) is 4.74 Å². The van der Waals surface area contributed by atoms with Crippen molar-refractivity contribution in [2.75, 3.05) is 24.8 Å². The van der Waals surface area contributed by atoms with E-state index >= 15 is 0 Å². The van der Waals surface area contributed by atoms with E-state index in [0.29, 0.717) is 23.1 Å². The minimum absolute atomic E-state index is 0.394. The number of hydrogen-bond donors (Lipinski definition) is 1. The molecule has 0 saturated heterocycles. The quantitative estimate of drug-likeness (QED) is 0.828. The maximum absolute atomic E-state index is 11.8. The van der Waals surface area contributed by atoms with Gasteiger partial charge in [-0.3, -0.25) is 0 Å². The molecule has 2 N–H and O–H groups in total. The number of esters is 1. The Kier molecular flexibility index (Phi) is 3.69. The minimum atomic E-state index is -0.394. The number of carbonyl (C=O) groups excluding carboxylic acids is 1. The van der Waals surface area contributed by atoms with E-state index in [1.807, 2.05) is 7.05 Å². The van der Waals surface area contributed by atoms with Crippen LogP contribution in [0, 0.1) is 0 Å². The Balaban J connectivity index is 2.33. The zero-order valence-corrected chi connectivity index (χ0v) is 10.8. The van der Waals surface area contributed by atoms with E-state index in [1.165, 1.54) is 20.0 Å². The summed E-state index contributed by atoms with van der Waals surface area (Å²) in [7, 11) is 3.34. The van der Waals surface area contributed by atoms with Gasteiger partial charge in [0.1, 0.15) is 11.4 Å². The molecule has 0 bridgehead atoms. The molecule has 0 atom stereocenters. The second-order valence-corrected chi connectivity index (χ2v) is 4.68. The Hall–Kier alpha value is -1.78. The van der Waals surface area contributed by atoms with Crippen LogP contribution < -0.4 is 10.6 Å². The first kappa shape index (κ1) is 12.7. The summed E-state index contributed by atoms with van der Waals surface area (Å²) in [6.07, 6.45) is 6.33. The number of ether oxygens (including phenoxy) is 1. The molecule has 1 fully saturated rings. The molecule has 1 aliphatic carbocycles. The number of rotatable bonds is 3. The first-order valence-electron chi connectivity index (χ1n) is 6.20. The van der Waals surface area contributed by atoms with Crippen molar-refractivity contribution >= 4 is 17.5 Å². The lowest BCUT2D eigenvalue weighted by atomic mass is 10.1. The molecular weight excluding hydrogens is 230 g/mol. The van der Waals surface area contributed by atoms with Gasteiger partial charge in [-0.1, -0.05) is 12.8 Å². The second-order valence-electron chi connectivity index (χ2n) is 4.68. The molecule has 1 aromatic rings. The molecule has 0 aromatic carbocycles. The van der Waals surface area contributed by atoms with Crippen molar-refractivity contribution in [1.29, 1.82) is 0 Å². The fourth-order valence-electron chi connectivity index (χ4n) is 2.48. The number of nitrogens with two attached hydrogens (primary N) is 1. The van der Waals surface area contributed by atoms with Gasteiger partial charge >= 0.3 is 5.97 Å². The molecule has 0 amide bonds. The van der Waals surface area contributed by atoms with E-state index in [4.69, 9.17) is 10.5 Å². The fourth-order valence-corrected chi connectivity index (χ4v) is 2.48. The smallest absolute Gasteiger partial charge is 0.341 e. The van der Waals surface area contributed by atoms with E-state index in [2.05, 4.69) is 9.88 Å². The number of pyridine rings is 1. The fraction of sp³-hybridized carbons (Fsp3) is 0.538. The first-order chi connectivity index (χ1) is 8.63. The lowest BCUT2D eigenvalue weighted by Crippen LogP contribution is -2.31. The molecule has 5 heteroatoms. The first-order valence-corrected chi connectivity index (χ1v) is 6.20. The number of hydrogen-bond acceptors (Lipinski definition) is 5. The predicted octanol–water partition coefficient (Wildman–Crippen LogP) is 1.83. The summed E-state index contributed by atoms with van der Waals surface area (Å²) in [6.45, 7) is 0. The van der Waals surface area contributed by atoms with Gasteiger partial charge in [-0.25, -0.2) is 9.78 Å². The lowest BCUT2D eigenvalue weighted by molar-refractivity contribution is 0.0601. The Labute approximate surface area is 107 Å². The predicted molar refractivity (Wildman–Crippen MR) is 70.6 cm³/mol. The molecule has 0 aliphatic heterocycles. The molecule has 1 aromatic heterocycles. The summed E-state index contributed by atoms with van der Waals surface area (Å²) in [5.41, 5.74) is 6.59. The van der Waals surface area contributed by atoms with Crippen molar-refractivity contribution < 1.29 is 9.53 Å². The number of carbonyl (C=O) groups is 1. The Morgan fingerprint density at radius 3 is 2.78 bits per heavy atom. The Bertz CT molecular complexity index is 442. The summed E-state index contributed by atoms with van der Waals surface area (Å²) in [5.74, 6) is 0.262. The van der Waals surface area contributed by atoms with Crippen LogP contribution in [0.1, 0.15) is 36.0 Å². The number of aromatic nitrogens is 1. The molecule has 0 unspecified atom stereocenters. The monoisotopic (exact) mass is 249 g/mol. The summed E-state index contributed by atoms with van der Waals surface area (Å²) < 4.78 is 4.78. The highest BCUT2D eigenvalue weighted by atomic mass is 16.5. The molecule has 98 valence electrons. The van der Waals surface area contributed by atoms with Crippen LogP contribution in [0.25, 0.3) is 0 Å².